The van der Waals surface area contributed by atoms with Crippen molar-refractivity contribution in [3.63, 3.8) is 0 Å². The average molecular weight is 455 g/mol. The zero-order valence-corrected chi connectivity index (χ0v) is 19.4. The number of hydrogen-bond acceptors (Lipinski definition) is 6. The molecule has 0 radical (unpaired) electrons. The van der Waals surface area contributed by atoms with Crippen molar-refractivity contribution in [1.29, 1.82) is 0 Å². The molecule has 3 heterocycles. The highest BCUT2D eigenvalue weighted by Gasteiger charge is 2.45. The number of carbonyl (C=O) groups excluding carboxylic acids is 1. The fourth-order valence-corrected chi connectivity index (χ4v) is 5.62. The quantitative estimate of drug-likeness (QED) is 0.627. The number of fused-ring (bicyclic) bond motifs is 1. The van der Waals surface area contributed by atoms with Gasteiger partial charge in [0, 0.05) is 48.0 Å². The Morgan fingerprint density at radius 3 is 2.59 bits per heavy atom. The van der Waals surface area contributed by atoms with Gasteiger partial charge in [0.05, 0.1) is 29.1 Å². The fraction of sp³-hybridized carbons (Fsp3) is 0.481. The van der Waals surface area contributed by atoms with Gasteiger partial charge in [-0.15, -0.1) is 0 Å². The Morgan fingerprint density at radius 2 is 1.82 bits per heavy atom. The molecule has 0 spiro atoms. The number of nitrogens with two attached hydrogens (primary N) is 1. The van der Waals surface area contributed by atoms with Gasteiger partial charge in [-0.1, -0.05) is 18.2 Å². The molecule has 3 aliphatic carbocycles. The van der Waals surface area contributed by atoms with Crippen molar-refractivity contribution < 1.29 is 4.79 Å². The molecule has 7 heteroatoms. The van der Waals surface area contributed by atoms with E-state index < -0.39 is 0 Å². The third kappa shape index (κ3) is 3.49. The van der Waals surface area contributed by atoms with Crippen molar-refractivity contribution in [2.45, 2.75) is 50.5 Å². The number of piperazine rings is 1. The SMILES string of the molecule is Nc1cc(-c2cnnc3ccccc23)c(C2CC2)nc1N1CCN(C(=O)C2CC2)[C@H](C2CC2)C1. The normalized spacial score (nSPS) is 22.9. The van der Waals surface area contributed by atoms with Crippen LogP contribution in [0, 0.1) is 11.8 Å². The van der Waals surface area contributed by atoms with E-state index in [0.29, 0.717) is 29.5 Å². The average Bonchev–Trinajstić information content (AvgIpc) is 3.73. The lowest BCUT2D eigenvalue weighted by Crippen LogP contribution is -2.57. The van der Waals surface area contributed by atoms with Crippen LogP contribution in [0.15, 0.2) is 36.5 Å². The summed E-state index contributed by atoms with van der Waals surface area (Å²) in [6.07, 6.45) is 8.75. The molecule has 1 saturated heterocycles. The van der Waals surface area contributed by atoms with Gasteiger partial charge in [0.2, 0.25) is 5.91 Å². The maximum atomic E-state index is 12.9. The molecule has 1 amide bonds. The lowest BCUT2D eigenvalue weighted by atomic mass is 9.98. The molecule has 2 N–H and O–H groups in total. The summed E-state index contributed by atoms with van der Waals surface area (Å²) in [6, 6.07) is 10.5. The van der Waals surface area contributed by atoms with Crippen LogP contribution in [0.1, 0.15) is 50.1 Å². The highest BCUT2D eigenvalue weighted by atomic mass is 16.2. The van der Waals surface area contributed by atoms with Crippen LogP contribution in [0.4, 0.5) is 11.5 Å². The number of hydrogen-bond donors (Lipinski definition) is 1. The summed E-state index contributed by atoms with van der Waals surface area (Å²) in [4.78, 5) is 22.7. The van der Waals surface area contributed by atoms with Crippen molar-refractivity contribution in [2.24, 2.45) is 11.8 Å². The predicted molar refractivity (Wildman–Crippen MR) is 132 cm³/mol. The molecule has 7 nitrogen and oxygen atoms in total. The third-order valence-electron chi connectivity index (χ3n) is 7.96. The molecular formula is C27H30N6O. The van der Waals surface area contributed by atoms with Gasteiger partial charge in [0.1, 0.15) is 0 Å². The minimum Gasteiger partial charge on any atom is -0.396 e. The Kier molecular flexibility index (Phi) is 4.54. The minimum absolute atomic E-state index is 0.278. The van der Waals surface area contributed by atoms with Gasteiger partial charge in [-0.25, -0.2) is 4.98 Å². The summed E-state index contributed by atoms with van der Waals surface area (Å²) in [7, 11) is 0. The number of benzene rings is 1. The molecule has 4 fully saturated rings. The van der Waals surface area contributed by atoms with Crippen molar-refractivity contribution >= 4 is 28.3 Å². The van der Waals surface area contributed by atoms with E-state index in [-0.39, 0.29) is 5.92 Å². The molecule has 34 heavy (non-hydrogen) atoms. The first-order chi connectivity index (χ1) is 16.7. The van der Waals surface area contributed by atoms with E-state index in [2.05, 4.69) is 32.1 Å². The first-order valence-corrected chi connectivity index (χ1v) is 12.7. The summed E-state index contributed by atoms with van der Waals surface area (Å²) >= 11 is 0. The molecule has 0 unspecified atom stereocenters. The second kappa shape index (κ2) is 7.65. The van der Waals surface area contributed by atoms with E-state index in [4.69, 9.17) is 10.7 Å². The number of carbonyl (C=O) groups is 1. The van der Waals surface area contributed by atoms with Crippen molar-refractivity contribution in [2.75, 3.05) is 30.3 Å². The van der Waals surface area contributed by atoms with Crippen LogP contribution >= 0.6 is 0 Å². The molecular weight excluding hydrogens is 424 g/mol. The Hall–Kier alpha value is -3.22. The van der Waals surface area contributed by atoms with Gasteiger partial charge < -0.3 is 15.5 Å². The lowest BCUT2D eigenvalue weighted by molar-refractivity contribution is -0.135. The summed E-state index contributed by atoms with van der Waals surface area (Å²) in [5.74, 6) is 2.65. The molecule has 0 bridgehead atoms. The van der Waals surface area contributed by atoms with Crippen LogP contribution in [-0.4, -0.2) is 51.7 Å². The maximum absolute atomic E-state index is 12.9. The first kappa shape index (κ1) is 20.2. The van der Waals surface area contributed by atoms with Crippen LogP contribution in [0.3, 0.4) is 0 Å². The molecule has 174 valence electrons. The molecule has 3 aromatic rings. The summed E-state index contributed by atoms with van der Waals surface area (Å²) in [5, 5.41) is 9.64. The summed E-state index contributed by atoms with van der Waals surface area (Å²) in [6.45, 7) is 2.41. The Morgan fingerprint density at radius 1 is 1.00 bits per heavy atom. The molecule has 7 rings (SSSR count). The van der Waals surface area contributed by atoms with Crippen molar-refractivity contribution in [3.05, 3.63) is 42.2 Å². The highest BCUT2D eigenvalue weighted by molar-refractivity contribution is 5.95. The number of nitrogens with zero attached hydrogens (tertiary/aromatic N) is 5. The fourth-order valence-electron chi connectivity index (χ4n) is 5.62. The van der Waals surface area contributed by atoms with Crippen LogP contribution in [-0.2, 0) is 4.79 Å². The van der Waals surface area contributed by atoms with E-state index >= 15 is 0 Å². The Labute approximate surface area is 199 Å². The van der Waals surface area contributed by atoms with Crippen molar-refractivity contribution in [3.8, 4) is 11.1 Å². The number of anilines is 2. The summed E-state index contributed by atoms with van der Waals surface area (Å²) in [5.41, 5.74) is 11.5. The Balaban J connectivity index is 1.25. The number of aromatic nitrogens is 3. The van der Waals surface area contributed by atoms with Gasteiger partial charge in [0.25, 0.3) is 0 Å². The number of rotatable bonds is 5. The maximum Gasteiger partial charge on any atom is 0.226 e. The van der Waals surface area contributed by atoms with Gasteiger partial charge in [-0.05, 0) is 56.6 Å². The molecule has 1 aliphatic heterocycles. The van der Waals surface area contributed by atoms with E-state index in [1.54, 1.807) is 0 Å². The van der Waals surface area contributed by atoms with E-state index in [0.717, 1.165) is 78.9 Å². The number of nitrogen functional groups attached to an aromatic ring is 1. The number of amides is 1. The molecule has 1 atom stereocenters. The topological polar surface area (TPSA) is 88.2 Å². The molecule has 4 aliphatic rings. The van der Waals surface area contributed by atoms with Crippen LogP contribution in [0.25, 0.3) is 22.0 Å². The molecule has 1 aromatic carbocycles. The lowest BCUT2D eigenvalue weighted by Gasteiger charge is -2.43. The molecule has 2 aromatic heterocycles. The van der Waals surface area contributed by atoms with Gasteiger partial charge in [-0.2, -0.15) is 10.2 Å². The van der Waals surface area contributed by atoms with E-state index in [9.17, 15) is 4.79 Å². The number of pyridine rings is 1. The van der Waals surface area contributed by atoms with Gasteiger partial charge in [0.15, 0.2) is 5.82 Å². The van der Waals surface area contributed by atoms with Crippen LogP contribution in [0.5, 0.6) is 0 Å². The standard InChI is InChI=1S/C27H30N6O/c28-22-13-20(21-14-29-31-23-4-2-1-3-19(21)23)25(17-7-8-17)30-26(22)32-11-12-33(27(34)18-9-10-18)24(15-32)16-5-6-16/h1-4,13-14,16-18,24H,5-12,15,28H2/t24-/m0/s1. The van der Waals surface area contributed by atoms with Gasteiger partial charge >= 0.3 is 0 Å². The first-order valence-electron chi connectivity index (χ1n) is 12.7. The van der Waals surface area contributed by atoms with E-state index in [1.807, 2.05) is 24.4 Å². The second-order valence-corrected chi connectivity index (χ2v) is 10.5. The van der Waals surface area contributed by atoms with Gasteiger partial charge in [-0.3, -0.25) is 4.79 Å². The van der Waals surface area contributed by atoms with Crippen LogP contribution in [0.2, 0.25) is 0 Å². The monoisotopic (exact) mass is 454 g/mol. The van der Waals surface area contributed by atoms with Crippen molar-refractivity contribution in [1.82, 2.24) is 20.1 Å². The van der Waals surface area contributed by atoms with Crippen LogP contribution < -0.4 is 10.6 Å². The largest absolute Gasteiger partial charge is 0.396 e. The summed E-state index contributed by atoms with van der Waals surface area (Å²) < 4.78 is 0. The predicted octanol–water partition coefficient (Wildman–Crippen LogP) is 3.99. The second-order valence-electron chi connectivity index (χ2n) is 10.5. The highest BCUT2D eigenvalue weighted by Crippen LogP contribution is 2.47. The smallest absolute Gasteiger partial charge is 0.226 e. The Bertz CT molecular complexity index is 1270. The molecule has 3 saturated carbocycles. The zero-order valence-electron chi connectivity index (χ0n) is 19.4. The third-order valence-corrected chi connectivity index (χ3v) is 7.96. The minimum atomic E-state index is 0.278. The zero-order chi connectivity index (χ0) is 22.8. The van der Waals surface area contributed by atoms with E-state index in [1.165, 1.54) is 12.8 Å².